The second kappa shape index (κ2) is 9.24. The van der Waals surface area contributed by atoms with Gasteiger partial charge in [-0.15, -0.1) is 9.24 Å². The van der Waals surface area contributed by atoms with Crippen molar-refractivity contribution >= 4 is 32.6 Å². The minimum absolute atomic E-state index is 0.0244. The molecule has 1 aliphatic rings. The van der Waals surface area contributed by atoms with E-state index in [9.17, 15) is 14.0 Å². The molecular formula is C24H25FN5O2P. The first kappa shape index (κ1) is 22.8. The van der Waals surface area contributed by atoms with Crippen molar-refractivity contribution in [2.24, 2.45) is 0 Å². The number of pyridine rings is 2. The summed E-state index contributed by atoms with van der Waals surface area (Å²) in [5.74, 6) is -0.567. The molecule has 0 aliphatic carbocycles. The van der Waals surface area contributed by atoms with Crippen molar-refractivity contribution in [3.05, 3.63) is 71.9 Å². The van der Waals surface area contributed by atoms with Crippen LogP contribution in [0.1, 0.15) is 34.2 Å². The van der Waals surface area contributed by atoms with Gasteiger partial charge in [0.25, 0.3) is 11.8 Å². The Bertz CT molecular complexity index is 1200. The Morgan fingerprint density at radius 3 is 2.52 bits per heavy atom. The number of halogens is 1. The molecule has 0 saturated carbocycles. The lowest BCUT2D eigenvalue weighted by molar-refractivity contribution is 0.0955. The summed E-state index contributed by atoms with van der Waals surface area (Å²) in [6.07, 6.45) is 3.92. The van der Waals surface area contributed by atoms with Crippen LogP contribution in [0.5, 0.6) is 0 Å². The van der Waals surface area contributed by atoms with Gasteiger partial charge in [-0.1, -0.05) is 25.1 Å². The molecular weight excluding hydrogens is 440 g/mol. The molecule has 33 heavy (non-hydrogen) atoms. The lowest BCUT2D eigenvalue weighted by atomic mass is 10.0. The van der Waals surface area contributed by atoms with Crippen LogP contribution in [0.4, 0.5) is 15.9 Å². The predicted molar refractivity (Wildman–Crippen MR) is 130 cm³/mol. The van der Waals surface area contributed by atoms with Crippen molar-refractivity contribution in [1.82, 2.24) is 15.3 Å². The number of carbonyl (C=O) groups is 2. The Morgan fingerprint density at radius 2 is 1.88 bits per heavy atom. The van der Waals surface area contributed by atoms with Gasteiger partial charge in [-0.3, -0.25) is 14.6 Å². The van der Waals surface area contributed by atoms with Gasteiger partial charge in [0.05, 0.1) is 11.3 Å². The highest BCUT2D eigenvalue weighted by atomic mass is 31.0. The number of hydrogen-bond acceptors (Lipinski definition) is 5. The number of anilines is 2. The van der Waals surface area contributed by atoms with Crippen LogP contribution in [0.3, 0.4) is 0 Å². The van der Waals surface area contributed by atoms with Crippen LogP contribution in [-0.4, -0.2) is 47.1 Å². The topological polar surface area (TPSA) is 87.2 Å². The van der Waals surface area contributed by atoms with Crippen LogP contribution in [0.2, 0.25) is 0 Å². The standard InChI is InChI=1S/C24H25FN5O2P/c1-24(33)10-12-30(14-24)21-20(17(9-11-27-21)16-5-3-4-6-18(16)25)29-22(31)15-7-8-19(28-13-15)23(32)26-2/h3-9,11,13H,10,12,14,33H2,1-2H3,(H,26,32)(H,29,31). The molecule has 1 fully saturated rings. The van der Waals surface area contributed by atoms with E-state index >= 15 is 0 Å². The minimum atomic E-state index is -0.425. The third kappa shape index (κ3) is 4.86. The molecule has 170 valence electrons. The van der Waals surface area contributed by atoms with Gasteiger partial charge in [-0.05, 0) is 30.7 Å². The summed E-state index contributed by atoms with van der Waals surface area (Å²) < 4.78 is 14.7. The molecule has 0 bridgehead atoms. The maximum absolute atomic E-state index is 14.7. The fourth-order valence-corrected chi connectivity index (χ4v) is 4.21. The summed E-state index contributed by atoms with van der Waals surface area (Å²) in [5, 5.41) is 5.45. The Balaban J connectivity index is 1.74. The zero-order valence-electron chi connectivity index (χ0n) is 18.4. The number of aromatic nitrogens is 2. The van der Waals surface area contributed by atoms with Gasteiger partial charge in [0.1, 0.15) is 11.5 Å². The number of amides is 2. The quantitative estimate of drug-likeness (QED) is 0.561. The highest BCUT2D eigenvalue weighted by molar-refractivity contribution is 7.19. The van der Waals surface area contributed by atoms with Gasteiger partial charge in [0, 0.05) is 48.8 Å². The molecule has 2 amide bonds. The van der Waals surface area contributed by atoms with Crippen molar-refractivity contribution in [2.45, 2.75) is 18.5 Å². The molecule has 9 heteroatoms. The van der Waals surface area contributed by atoms with Crippen LogP contribution >= 0.6 is 9.24 Å². The van der Waals surface area contributed by atoms with Crippen LogP contribution < -0.4 is 15.5 Å². The van der Waals surface area contributed by atoms with E-state index in [0.29, 0.717) is 22.6 Å². The van der Waals surface area contributed by atoms with Crippen molar-refractivity contribution in [2.75, 3.05) is 30.4 Å². The molecule has 4 rings (SSSR count). The monoisotopic (exact) mass is 465 g/mol. The average Bonchev–Trinajstić information content (AvgIpc) is 3.18. The van der Waals surface area contributed by atoms with Crippen LogP contribution in [0.25, 0.3) is 11.1 Å². The molecule has 0 radical (unpaired) electrons. The lowest BCUT2D eigenvalue weighted by Gasteiger charge is -2.24. The molecule has 2 N–H and O–H groups in total. The molecule has 3 heterocycles. The summed E-state index contributed by atoms with van der Waals surface area (Å²) in [5.41, 5.74) is 1.83. The van der Waals surface area contributed by atoms with Crippen LogP contribution in [0, 0.1) is 5.82 Å². The highest BCUT2D eigenvalue weighted by Crippen LogP contribution is 2.40. The number of nitrogens with zero attached hydrogens (tertiary/aromatic N) is 3. The van der Waals surface area contributed by atoms with E-state index in [-0.39, 0.29) is 28.1 Å². The number of carbonyl (C=O) groups excluding carboxylic acids is 2. The molecule has 2 unspecified atom stereocenters. The van der Waals surface area contributed by atoms with Crippen LogP contribution in [-0.2, 0) is 0 Å². The van der Waals surface area contributed by atoms with Gasteiger partial charge >= 0.3 is 0 Å². The summed E-state index contributed by atoms with van der Waals surface area (Å²) in [6.45, 7) is 3.64. The van der Waals surface area contributed by atoms with Gasteiger partial charge < -0.3 is 15.5 Å². The zero-order chi connectivity index (χ0) is 23.6. The Morgan fingerprint density at radius 1 is 1.09 bits per heavy atom. The van der Waals surface area contributed by atoms with Crippen molar-refractivity contribution in [1.29, 1.82) is 0 Å². The summed E-state index contributed by atoms with van der Waals surface area (Å²) in [4.78, 5) is 35.6. The van der Waals surface area contributed by atoms with Gasteiger partial charge in [-0.25, -0.2) is 9.37 Å². The Kier molecular flexibility index (Phi) is 6.38. The third-order valence-electron chi connectivity index (χ3n) is 5.62. The maximum Gasteiger partial charge on any atom is 0.269 e. The SMILES string of the molecule is CNC(=O)c1ccc(C(=O)Nc2c(-c3ccccc3F)ccnc2N2CCC(C)(P)C2)cn1. The second-order valence-corrected chi connectivity index (χ2v) is 9.72. The average molecular weight is 465 g/mol. The highest BCUT2D eigenvalue weighted by Gasteiger charge is 2.32. The van der Waals surface area contributed by atoms with Crippen molar-refractivity contribution in [3.8, 4) is 11.1 Å². The molecule has 2 atom stereocenters. The van der Waals surface area contributed by atoms with E-state index < -0.39 is 5.91 Å². The van der Waals surface area contributed by atoms with E-state index in [2.05, 4.69) is 41.7 Å². The van der Waals surface area contributed by atoms with Gasteiger partial charge in [0.15, 0.2) is 5.82 Å². The molecule has 1 aliphatic heterocycles. The molecule has 1 saturated heterocycles. The smallest absolute Gasteiger partial charge is 0.269 e. The van der Waals surface area contributed by atoms with E-state index in [4.69, 9.17) is 0 Å². The van der Waals surface area contributed by atoms with E-state index in [1.54, 1.807) is 30.5 Å². The number of nitrogens with one attached hydrogen (secondary N) is 2. The van der Waals surface area contributed by atoms with Crippen molar-refractivity contribution < 1.29 is 14.0 Å². The van der Waals surface area contributed by atoms with Gasteiger partial charge in [-0.2, -0.15) is 0 Å². The summed E-state index contributed by atoms with van der Waals surface area (Å²) >= 11 is 0. The molecule has 2 aromatic heterocycles. The minimum Gasteiger partial charge on any atom is -0.354 e. The van der Waals surface area contributed by atoms with E-state index in [0.717, 1.165) is 19.5 Å². The molecule has 1 aromatic carbocycles. The lowest BCUT2D eigenvalue weighted by Crippen LogP contribution is -2.27. The maximum atomic E-state index is 14.7. The van der Waals surface area contributed by atoms with E-state index in [1.165, 1.54) is 31.4 Å². The second-order valence-electron chi connectivity index (χ2n) is 8.33. The van der Waals surface area contributed by atoms with E-state index in [1.807, 2.05) is 0 Å². The molecule has 3 aromatic rings. The predicted octanol–water partition coefficient (Wildman–Crippen LogP) is 3.74. The zero-order valence-corrected chi connectivity index (χ0v) is 19.6. The third-order valence-corrected chi connectivity index (χ3v) is 6.09. The number of rotatable bonds is 5. The molecule has 7 nitrogen and oxygen atoms in total. The fourth-order valence-electron chi connectivity index (χ4n) is 3.86. The first-order chi connectivity index (χ1) is 15.8. The normalized spacial score (nSPS) is 17.6. The number of hydrogen-bond donors (Lipinski definition) is 2. The van der Waals surface area contributed by atoms with Crippen LogP contribution in [0.15, 0.2) is 54.9 Å². The first-order valence-electron chi connectivity index (χ1n) is 10.6. The largest absolute Gasteiger partial charge is 0.354 e. The van der Waals surface area contributed by atoms with Gasteiger partial charge in [0.2, 0.25) is 0 Å². The summed E-state index contributed by atoms with van der Waals surface area (Å²) in [6, 6.07) is 11.1. The van der Waals surface area contributed by atoms with Crippen molar-refractivity contribution in [3.63, 3.8) is 0 Å². The number of benzene rings is 1. The first-order valence-corrected chi connectivity index (χ1v) is 11.1. The fraction of sp³-hybridized carbons (Fsp3) is 0.250. The Labute approximate surface area is 194 Å². The Hall–Kier alpha value is -3.38. The summed E-state index contributed by atoms with van der Waals surface area (Å²) in [7, 11) is 4.38. The molecule has 0 spiro atoms.